The van der Waals surface area contributed by atoms with Gasteiger partial charge < -0.3 is 5.32 Å². The second-order valence-electron chi connectivity index (χ2n) is 4.67. The van der Waals surface area contributed by atoms with Gasteiger partial charge in [-0.05, 0) is 30.7 Å². The van der Waals surface area contributed by atoms with Crippen molar-refractivity contribution in [2.24, 2.45) is 7.05 Å². The summed E-state index contributed by atoms with van der Waals surface area (Å²) < 4.78 is 29.0. The van der Waals surface area contributed by atoms with Crippen LogP contribution in [0.3, 0.4) is 0 Å². The number of aromatic nitrogens is 2. The van der Waals surface area contributed by atoms with Crippen molar-refractivity contribution in [1.29, 1.82) is 0 Å². The van der Waals surface area contributed by atoms with Gasteiger partial charge in [-0.25, -0.2) is 13.1 Å². The van der Waals surface area contributed by atoms with Crippen molar-refractivity contribution in [3.8, 4) is 0 Å². The predicted molar refractivity (Wildman–Crippen MR) is 83.8 cm³/mol. The summed E-state index contributed by atoms with van der Waals surface area (Å²) >= 11 is 1.30. The van der Waals surface area contributed by atoms with Gasteiger partial charge in [0.15, 0.2) is 0 Å². The fraction of sp³-hybridized carbons (Fsp3) is 0.462. The lowest BCUT2D eigenvalue weighted by atomic mass is 10.3. The smallest absolute Gasteiger partial charge is 0.250 e. The zero-order valence-electron chi connectivity index (χ0n) is 12.2. The van der Waals surface area contributed by atoms with E-state index in [1.54, 1.807) is 16.9 Å². The van der Waals surface area contributed by atoms with Gasteiger partial charge in [-0.2, -0.15) is 5.10 Å². The van der Waals surface area contributed by atoms with Gasteiger partial charge in [-0.1, -0.05) is 6.92 Å². The quantitative estimate of drug-likeness (QED) is 0.761. The van der Waals surface area contributed by atoms with Gasteiger partial charge in [0.05, 0.1) is 6.20 Å². The van der Waals surface area contributed by atoms with E-state index in [1.807, 2.05) is 26.2 Å². The Labute approximate surface area is 129 Å². The fourth-order valence-corrected chi connectivity index (χ4v) is 4.25. The van der Waals surface area contributed by atoms with Crippen molar-refractivity contribution < 1.29 is 8.42 Å². The Morgan fingerprint density at radius 2 is 2.19 bits per heavy atom. The number of nitrogens with zero attached hydrogens (tertiary/aromatic N) is 2. The van der Waals surface area contributed by atoms with Crippen LogP contribution >= 0.6 is 11.3 Å². The molecule has 2 aromatic heterocycles. The van der Waals surface area contributed by atoms with Crippen molar-refractivity contribution >= 4 is 21.4 Å². The molecule has 2 aromatic rings. The standard InChI is InChI=1S/C13H20N4O2S2/c1-3-14-9-12-4-5-13(20-12)21(18,19)16-7-6-11-8-15-17(2)10-11/h4-5,8,10,14,16H,3,6-7,9H2,1-2H3. The average molecular weight is 328 g/mol. The lowest BCUT2D eigenvalue weighted by Gasteiger charge is -2.03. The number of hydrogen-bond acceptors (Lipinski definition) is 5. The average Bonchev–Trinajstić information content (AvgIpc) is 3.06. The van der Waals surface area contributed by atoms with Crippen LogP contribution in [0.1, 0.15) is 17.4 Å². The molecule has 0 amide bonds. The monoisotopic (exact) mass is 328 g/mol. The van der Waals surface area contributed by atoms with Crippen molar-refractivity contribution in [1.82, 2.24) is 19.8 Å². The molecule has 0 aromatic carbocycles. The molecule has 21 heavy (non-hydrogen) atoms. The summed E-state index contributed by atoms with van der Waals surface area (Å²) in [5, 5.41) is 7.24. The van der Waals surface area contributed by atoms with Gasteiger partial charge in [-0.15, -0.1) is 11.3 Å². The molecule has 0 aliphatic heterocycles. The molecule has 0 saturated carbocycles. The van der Waals surface area contributed by atoms with E-state index in [1.165, 1.54) is 11.3 Å². The summed E-state index contributed by atoms with van der Waals surface area (Å²) in [7, 11) is -1.58. The summed E-state index contributed by atoms with van der Waals surface area (Å²) in [5.41, 5.74) is 1.01. The van der Waals surface area contributed by atoms with Crippen LogP contribution in [0, 0.1) is 0 Å². The molecule has 116 valence electrons. The van der Waals surface area contributed by atoms with Gasteiger partial charge in [0.2, 0.25) is 10.0 Å². The molecule has 0 spiro atoms. The van der Waals surface area contributed by atoms with E-state index >= 15 is 0 Å². The summed E-state index contributed by atoms with van der Waals surface area (Å²) in [6, 6.07) is 3.51. The Morgan fingerprint density at radius 3 is 2.86 bits per heavy atom. The summed E-state index contributed by atoms with van der Waals surface area (Å²) in [6.07, 6.45) is 4.25. The zero-order valence-corrected chi connectivity index (χ0v) is 13.8. The van der Waals surface area contributed by atoms with Gasteiger partial charge >= 0.3 is 0 Å². The zero-order chi connectivity index (χ0) is 15.3. The van der Waals surface area contributed by atoms with E-state index in [2.05, 4.69) is 15.1 Å². The van der Waals surface area contributed by atoms with Crippen LogP contribution in [-0.2, 0) is 30.0 Å². The van der Waals surface area contributed by atoms with Crippen molar-refractivity contribution in [3.63, 3.8) is 0 Å². The molecule has 0 aliphatic carbocycles. The topological polar surface area (TPSA) is 76.0 Å². The van der Waals surface area contributed by atoms with Gasteiger partial charge in [0.25, 0.3) is 0 Å². The van der Waals surface area contributed by atoms with Crippen LogP contribution in [0.25, 0.3) is 0 Å². The molecule has 2 rings (SSSR count). The number of nitrogens with one attached hydrogen (secondary N) is 2. The number of hydrogen-bond donors (Lipinski definition) is 2. The molecule has 0 radical (unpaired) electrons. The van der Waals surface area contributed by atoms with E-state index in [4.69, 9.17) is 0 Å². The van der Waals surface area contributed by atoms with Gasteiger partial charge in [0, 0.05) is 31.2 Å². The lowest BCUT2D eigenvalue weighted by Crippen LogP contribution is -2.25. The summed E-state index contributed by atoms with van der Waals surface area (Å²) in [4.78, 5) is 1.02. The number of aryl methyl sites for hydroxylation is 1. The number of thiophene rings is 1. The highest BCUT2D eigenvalue weighted by atomic mass is 32.2. The minimum Gasteiger partial charge on any atom is -0.312 e. The van der Waals surface area contributed by atoms with Crippen molar-refractivity contribution in [2.45, 2.75) is 24.1 Å². The molecule has 6 nitrogen and oxygen atoms in total. The maximum atomic E-state index is 12.2. The first-order valence-corrected chi connectivity index (χ1v) is 9.08. The third kappa shape index (κ3) is 4.63. The Balaban J connectivity index is 1.90. The molecule has 0 unspecified atom stereocenters. The van der Waals surface area contributed by atoms with Crippen LogP contribution in [0.15, 0.2) is 28.7 Å². The molecule has 8 heteroatoms. The highest BCUT2D eigenvalue weighted by molar-refractivity contribution is 7.91. The van der Waals surface area contributed by atoms with E-state index in [0.717, 1.165) is 17.0 Å². The first-order valence-electron chi connectivity index (χ1n) is 6.78. The molecule has 0 aliphatic rings. The molecule has 0 saturated heterocycles. The first-order chi connectivity index (χ1) is 10.0. The second kappa shape index (κ2) is 7.17. The largest absolute Gasteiger partial charge is 0.312 e. The SMILES string of the molecule is CCNCc1ccc(S(=O)(=O)NCCc2cnn(C)c2)s1. The first kappa shape index (κ1) is 16.2. The lowest BCUT2D eigenvalue weighted by molar-refractivity contribution is 0.584. The molecule has 0 bridgehead atoms. The van der Waals surface area contributed by atoms with Crippen LogP contribution in [0.2, 0.25) is 0 Å². The predicted octanol–water partition coefficient (Wildman–Crippen LogP) is 1.11. The Hall–Kier alpha value is -1.22. The molecule has 2 heterocycles. The minimum atomic E-state index is -3.41. The molecule has 0 fully saturated rings. The maximum Gasteiger partial charge on any atom is 0.250 e. The Kier molecular flexibility index (Phi) is 5.51. The van der Waals surface area contributed by atoms with E-state index < -0.39 is 10.0 Å². The van der Waals surface area contributed by atoms with Crippen LogP contribution in [-0.4, -0.2) is 31.3 Å². The maximum absolute atomic E-state index is 12.2. The Morgan fingerprint density at radius 1 is 1.38 bits per heavy atom. The highest BCUT2D eigenvalue weighted by Gasteiger charge is 2.16. The minimum absolute atomic E-state index is 0.363. The van der Waals surface area contributed by atoms with E-state index in [-0.39, 0.29) is 0 Å². The summed E-state index contributed by atoms with van der Waals surface area (Å²) in [6.45, 7) is 3.95. The van der Waals surface area contributed by atoms with Gasteiger partial charge in [0.1, 0.15) is 4.21 Å². The van der Waals surface area contributed by atoms with Crippen molar-refractivity contribution in [2.75, 3.05) is 13.1 Å². The van der Waals surface area contributed by atoms with Crippen LogP contribution in [0.5, 0.6) is 0 Å². The van der Waals surface area contributed by atoms with Crippen LogP contribution < -0.4 is 10.0 Å². The highest BCUT2D eigenvalue weighted by Crippen LogP contribution is 2.21. The normalized spacial score (nSPS) is 11.9. The van der Waals surface area contributed by atoms with E-state index in [9.17, 15) is 8.42 Å². The van der Waals surface area contributed by atoms with Crippen molar-refractivity contribution in [3.05, 3.63) is 35.0 Å². The van der Waals surface area contributed by atoms with E-state index in [0.29, 0.717) is 23.7 Å². The Bertz CT molecular complexity index is 676. The third-order valence-corrected chi connectivity index (χ3v) is 5.95. The summed E-state index contributed by atoms with van der Waals surface area (Å²) in [5.74, 6) is 0. The number of rotatable bonds is 8. The molecular formula is C13H20N4O2S2. The fourth-order valence-electron chi connectivity index (χ4n) is 1.85. The molecule has 2 N–H and O–H groups in total. The molecular weight excluding hydrogens is 308 g/mol. The van der Waals surface area contributed by atoms with Crippen LogP contribution in [0.4, 0.5) is 0 Å². The molecule has 0 atom stereocenters. The second-order valence-corrected chi connectivity index (χ2v) is 7.83. The number of sulfonamides is 1. The third-order valence-electron chi connectivity index (χ3n) is 2.92. The van der Waals surface area contributed by atoms with Gasteiger partial charge in [-0.3, -0.25) is 4.68 Å².